The minimum atomic E-state index is -1.24. The zero-order chi connectivity index (χ0) is 12.3. The third-order valence-corrected chi connectivity index (χ3v) is 2.25. The molecule has 82 valence electrons. The molecule has 0 bridgehead atoms. The lowest BCUT2D eigenvalue weighted by atomic mass is 10.0. The quantitative estimate of drug-likeness (QED) is 0.470. The van der Waals surface area contributed by atoms with E-state index in [1.807, 2.05) is 0 Å². The predicted molar refractivity (Wildman–Crippen MR) is 56.4 cm³/mol. The summed E-state index contributed by atoms with van der Waals surface area (Å²) < 4.78 is 0. The van der Waals surface area contributed by atoms with E-state index >= 15 is 0 Å². The zero-order valence-corrected chi connectivity index (χ0v) is 8.77. The fraction of sp³-hybridized carbons (Fsp3) is 0.111. The Morgan fingerprint density at radius 2 is 2.25 bits per heavy atom. The number of nitro benzene ring substituents is 1. The van der Waals surface area contributed by atoms with E-state index in [0.717, 1.165) is 0 Å². The zero-order valence-electron chi connectivity index (χ0n) is 7.88. The van der Waals surface area contributed by atoms with E-state index in [-0.39, 0.29) is 16.0 Å². The van der Waals surface area contributed by atoms with Gasteiger partial charge in [0.1, 0.15) is 0 Å². The van der Waals surface area contributed by atoms with Crippen molar-refractivity contribution in [1.82, 2.24) is 0 Å². The number of hydrogen-bond donors (Lipinski definition) is 2. The molecule has 7 heteroatoms. The fourth-order valence-electron chi connectivity index (χ4n) is 1.26. The second kappa shape index (κ2) is 4.63. The van der Waals surface area contributed by atoms with Crippen LogP contribution in [0.1, 0.15) is 11.1 Å². The van der Waals surface area contributed by atoms with Gasteiger partial charge < -0.3 is 5.11 Å². The summed E-state index contributed by atoms with van der Waals surface area (Å²) in [5.74, 6) is -1.24. The van der Waals surface area contributed by atoms with Crippen molar-refractivity contribution in [3.8, 4) is 6.07 Å². The molecular formula is C9H6N2O4S. The van der Waals surface area contributed by atoms with E-state index in [0.29, 0.717) is 0 Å². The molecule has 1 rings (SSSR count). The van der Waals surface area contributed by atoms with Crippen molar-refractivity contribution in [2.24, 2.45) is 0 Å². The second-order valence-electron chi connectivity index (χ2n) is 2.90. The fourth-order valence-corrected chi connectivity index (χ4v) is 1.55. The van der Waals surface area contributed by atoms with Crippen LogP contribution >= 0.6 is 12.6 Å². The van der Waals surface area contributed by atoms with Crippen LogP contribution in [0.25, 0.3) is 0 Å². The average molecular weight is 238 g/mol. The first-order valence-corrected chi connectivity index (χ1v) is 4.53. The van der Waals surface area contributed by atoms with Crippen molar-refractivity contribution in [2.75, 3.05) is 0 Å². The molecule has 0 spiro atoms. The molecule has 0 amide bonds. The van der Waals surface area contributed by atoms with Gasteiger partial charge in [-0.2, -0.15) is 5.26 Å². The summed E-state index contributed by atoms with van der Waals surface area (Å²) in [6.07, 6.45) is -0.576. The van der Waals surface area contributed by atoms with Gasteiger partial charge in [-0.05, 0) is 12.1 Å². The van der Waals surface area contributed by atoms with Crippen molar-refractivity contribution < 1.29 is 14.8 Å². The van der Waals surface area contributed by atoms with Crippen molar-refractivity contribution in [3.63, 3.8) is 0 Å². The Morgan fingerprint density at radius 1 is 1.62 bits per heavy atom. The molecule has 0 saturated carbocycles. The number of nitriles is 1. The first-order valence-electron chi connectivity index (χ1n) is 4.08. The standard InChI is InChI=1S/C9H6N2O4S/c10-4-5-1-2-7(16)9(11(14)15)6(5)3-8(12)13/h1-2,16H,3H2,(H,12,13). The lowest BCUT2D eigenvalue weighted by Gasteiger charge is -2.04. The lowest BCUT2D eigenvalue weighted by molar-refractivity contribution is -0.388. The first-order chi connectivity index (χ1) is 7.47. The molecular weight excluding hydrogens is 232 g/mol. The normalized spacial score (nSPS) is 9.50. The maximum atomic E-state index is 10.7. The van der Waals surface area contributed by atoms with Crippen LogP contribution in [0.2, 0.25) is 0 Å². The van der Waals surface area contributed by atoms with Gasteiger partial charge in [-0.1, -0.05) is 0 Å². The highest BCUT2D eigenvalue weighted by atomic mass is 32.1. The topological polar surface area (TPSA) is 104 Å². The summed E-state index contributed by atoms with van der Waals surface area (Å²) in [5, 5.41) is 28.1. The molecule has 0 aromatic heterocycles. The van der Waals surface area contributed by atoms with Crippen LogP contribution in [0.15, 0.2) is 17.0 Å². The van der Waals surface area contributed by atoms with E-state index in [1.54, 1.807) is 6.07 Å². The van der Waals surface area contributed by atoms with Crippen molar-refractivity contribution in [1.29, 1.82) is 5.26 Å². The minimum absolute atomic E-state index is 0.0214. The van der Waals surface area contributed by atoms with Crippen LogP contribution < -0.4 is 0 Å². The van der Waals surface area contributed by atoms with Gasteiger partial charge in [-0.3, -0.25) is 14.9 Å². The van der Waals surface area contributed by atoms with Crippen LogP contribution in [-0.2, 0) is 11.2 Å². The summed E-state index contributed by atoms with van der Waals surface area (Å²) in [5.41, 5.74) is -0.566. The van der Waals surface area contributed by atoms with Gasteiger partial charge in [0.05, 0.1) is 33.4 Å². The molecule has 0 saturated heterocycles. The molecule has 1 N–H and O–H groups in total. The minimum Gasteiger partial charge on any atom is -0.481 e. The Morgan fingerprint density at radius 3 is 2.69 bits per heavy atom. The van der Waals surface area contributed by atoms with Crippen molar-refractivity contribution in [2.45, 2.75) is 11.3 Å². The van der Waals surface area contributed by atoms with Crippen LogP contribution in [0.3, 0.4) is 0 Å². The third kappa shape index (κ3) is 2.29. The molecule has 0 radical (unpaired) electrons. The highest BCUT2D eigenvalue weighted by molar-refractivity contribution is 7.80. The molecule has 0 heterocycles. The number of nitro groups is 1. The van der Waals surface area contributed by atoms with Gasteiger partial charge >= 0.3 is 5.97 Å². The lowest BCUT2D eigenvalue weighted by Crippen LogP contribution is -2.06. The average Bonchev–Trinajstić information content (AvgIpc) is 2.16. The molecule has 1 aromatic rings. The van der Waals surface area contributed by atoms with E-state index in [9.17, 15) is 14.9 Å². The summed E-state index contributed by atoms with van der Waals surface area (Å²) in [4.78, 5) is 20.6. The Labute approximate surface area is 95.7 Å². The van der Waals surface area contributed by atoms with Crippen molar-refractivity contribution >= 4 is 24.3 Å². The van der Waals surface area contributed by atoms with Gasteiger partial charge in [0.15, 0.2) is 0 Å². The summed E-state index contributed by atoms with van der Waals surface area (Å²) in [6, 6.07) is 4.33. The number of carbonyl (C=O) groups is 1. The largest absolute Gasteiger partial charge is 0.481 e. The molecule has 0 unspecified atom stereocenters. The van der Waals surface area contributed by atoms with Crippen LogP contribution in [-0.4, -0.2) is 16.0 Å². The molecule has 16 heavy (non-hydrogen) atoms. The molecule has 0 atom stereocenters. The number of thiol groups is 1. The molecule has 0 aliphatic carbocycles. The van der Waals surface area contributed by atoms with Gasteiger partial charge in [0.25, 0.3) is 5.69 Å². The highest BCUT2D eigenvalue weighted by Gasteiger charge is 2.23. The first kappa shape index (κ1) is 12.0. The number of benzene rings is 1. The van der Waals surface area contributed by atoms with Crippen LogP contribution in [0.5, 0.6) is 0 Å². The molecule has 0 aliphatic heterocycles. The number of rotatable bonds is 3. The van der Waals surface area contributed by atoms with Crippen LogP contribution in [0.4, 0.5) is 5.69 Å². The maximum absolute atomic E-state index is 10.7. The number of hydrogen-bond acceptors (Lipinski definition) is 5. The number of carboxylic acids is 1. The Kier molecular flexibility index (Phi) is 3.48. The van der Waals surface area contributed by atoms with E-state index in [4.69, 9.17) is 10.4 Å². The van der Waals surface area contributed by atoms with Gasteiger partial charge in [-0.15, -0.1) is 12.6 Å². The monoisotopic (exact) mass is 238 g/mol. The van der Waals surface area contributed by atoms with E-state index in [1.165, 1.54) is 12.1 Å². The molecule has 6 nitrogen and oxygen atoms in total. The molecule has 0 aliphatic rings. The Balaban J connectivity index is 3.50. The SMILES string of the molecule is N#Cc1ccc(S)c([N+](=O)[O-])c1CC(=O)O. The summed E-state index contributed by atoms with van der Waals surface area (Å²) >= 11 is 3.87. The predicted octanol–water partition coefficient (Wildman–Crippen LogP) is 1.38. The molecule has 0 fully saturated rings. The summed E-state index contributed by atoms with van der Waals surface area (Å²) in [7, 11) is 0. The maximum Gasteiger partial charge on any atom is 0.308 e. The van der Waals surface area contributed by atoms with E-state index < -0.39 is 23.0 Å². The smallest absolute Gasteiger partial charge is 0.308 e. The molecule has 1 aromatic carbocycles. The summed E-state index contributed by atoms with van der Waals surface area (Å²) in [6.45, 7) is 0. The van der Waals surface area contributed by atoms with Gasteiger partial charge in [-0.25, -0.2) is 0 Å². The highest BCUT2D eigenvalue weighted by Crippen LogP contribution is 2.29. The Hall–Kier alpha value is -2.07. The number of aliphatic carboxylic acids is 1. The number of nitrogens with zero attached hydrogens (tertiary/aromatic N) is 2. The van der Waals surface area contributed by atoms with Gasteiger partial charge in [0.2, 0.25) is 0 Å². The van der Waals surface area contributed by atoms with Gasteiger partial charge in [0, 0.05) is 0 Å². The second-order valence-corrected chi connectivity index (χ2v) is 3.38. The van der Waals surface area contributed by atoms with E-state index in [2.05, 4.69) is 12.6 Å². The van der Waals surface area contributed by atoms with Crippen molar-refractivity contribution in [3.05, 3.63) is 33.4 Å². The number of carboxylic acid groups (broad SMARTS) is 1. The van der Waals surface area contributed by atoms with Crippen LogP contribution in [0, 0.1) is 21.4 Å². The third-order valence-electron chi connectivity index (χ3n) is 1.89. The Bertz CT molecular complexity index is 507.